The molecule has 3 heterocycles. The van der Waals surface area contributed by atoms with Gasteiger partial charge in [-0.2, -0.15) is 5.26 Å². The van der Waals surface area contributed by atoms with Crippen LogP contribution in [0.5, 0.6) is 0 Å². The van der Waals surface area contributed by atoms with Crippen LogP contribution in [0.2, 0.25) is 0 Å². The second-order valence-electron chi connectivity index (χ2n) is 4.71. The summed E-state index contributed by atoms with van der Waals surface area (Å²) >= 11 is 0. The van der Waals surface area contributed by atoms with E-state index >= 15 is 0 Å². The fourth-order valence-electron chi connectivity index (χ4n) is 2.13. The lowest BCUT2D eigenvalue weighted by Gasteiger charge is -2.01. The smallest absolute Gasteiger partial charge is 0.343 e. The van der Waals surface area contributed by atoms with E-state index in [1.165, 1.54) is 0 Å². The summed E-state index contributed by atoms with van der Waals surface area (Å²) in [5.74, 6) is 0.453. The van der Waals surface area contributed by atoms with Crippen LogP contribution < -0.4 is 0 Å². The average molecular weight is 312 g/mol. The molecule has 8 heteroatoms. The van der Waals surface area contributed by atoms with Crippen molar-refractivity contribution in [1.29, 1.82) is 5.26 Å². The Labute approximate surface area is 130 Å². The molecule has 0 saturated carbocycles. The Balaban J connectivity index is 1.87. The molecule has 0 aliphatic heterocycles. The minimum atomic E-state index is -0.683. The molecule has 0 bridgehead atoms. The molecular formula is C15H12N4O4. The van der Waals surface area contributed by atoms with E-state index in [0.717, 1.165) is 0 Å². The van der Waals surface area contributed by atoms with Crippen molar-refractivity contribution in [3.8, 4) is 12.0 Å². The predicted molar refractivity (Wildman–Crippen MR) is 75.6 cm³/mol. The summed E-state index contributed by atoms with van der Waals surface area (Å²) in [6.07, 6.45) is 3.44. The number of hydrogen-bond acceptors (Lipinski definition) is 7. The molecule has 0 aliphatic carbocycles. The minimum absolute atomic E-state index is 0.0902. The lowest BCUT2D eigenvalue weighted by molar-refractivity contribution is 0.0434. The first-order valence-electron chi connectivity index (χ1n) is 6.73. The van der Waals surface area contributed by atoms with Gasteiger partial charge in [-0.05, 0) is 19.1 Å². The van der Waals surface area contributed by atoms with Gasteiger partial charge in [0.25, 0.3) is 5.89 Å². The van der Waals surface area contributed by atoms with Gasteiger partial charge in [0.15, 0.2) is 6.61 Å². The van der Waals surface area contributed by atoms with Gasteiger partial charge in [0.2, 0.25) is 11.8 Å². The van der Waals surface area contributed by atoms with Crippen LogP contribution in [-0.2, 0) is 11.3 Å². The Morgan fingerprint density at radius 3 is 2.65 bits per heavy atom. The standard InChI is InChI=1S/C15H12N4O4/c1-9-13(15(20)21-8-12-18-17-10(2)23-12)11(7-16)14(22-9)19-5-3-4-6-19/h3-6H,8H2,1-2H3. The van der Waals surface area contributed by atoms with Crippen molar-refractivity contribution >= 4 is 5.97 Å². The maximum atomic E-state index is 12.3. The summed E-state index contributed by atoms with van der Waals surface area (Å²) in [7, 11) is 0. The monoisotopic (exact) mass is 312 g/mol. The molecular weight excluding hydrogens is 300 g/mol. The quantitative estimate of drug-likeness (QED) is 0.680. The average Bonchev–Trinajstić information content (AvgIpc) is 3.24. The number of carbonyl (C=O) groups excluding carboxylic acids is 1. The van der Waals surface area contributed by atoms with Crippen LogP contribution in [-0.4, -0.2) is 20.7 Å². The van der Waals surface area contributed by atoms with Gasteiger partial charge in [0, 0.05) is 19.3 Å². The predicted octanol–water partition coefficient (Wildman–Crippen LogP) is 2.30. The van der Waals surface area contributed by atoms with Crippen molar-refractivity contribution in [3.63, 3.8) is 0 Å². The highest BCUT2D eigenvalue weighted by Gasteiger charge is 2.26. The van der Waals surface area contributed by atoms with Gasteiger partial charge in [-0.3, -0.25) is 4.57 Å². The van der Waals surface area contributed by atoms with Crippen molar-refractivity contribution in [2.24, 2.45) is 0 Å². The molecule has 0 atom stereocenters. The van der Waals surface area contributed by atoms with Crippen molar-refractivity contribution in [2.45, 2.75) is 20.5 Å². The Morgan fingerprint density at radius 2 is 2.04 bits per heavy atom. The van der Waals surface area contributed by atoms with Gasteiger partial charge in [-0.25, -0.2) is 4.79 Å². The number of carbonyl (C=O) groups is 1. The Bertz CT molecular complexity index is 883. The van der Waals surface area contributed by atoms with Crippen molar-refractivity contribution in [2.75, 3.05) is 0 Å². The molecule has 0 unspecified atom stereocenters. The third kappa shape index (κ3) is 2.72. The van der Waals surface area contributed by atoms with Crippen molar-refractivity contribution in [3.05, 3.63) is 53.2 Å². The topological polar surface area (TPSA) is 107 Å². The molecule has 0 saturated heterocycles. The summed E-state index contributed by atoms with van der Waals surface area (Å²) < 4.78 is 17.4. The lowest BCUT2D eigenvalue weighted by atomic mass is 10.1. The van der Waals surface area contributed by atoms with Crippen molar-refractivity contribution in [1.82, 2.24) is 14.8 Å². The van der Waals surface area contributed by atoms with Gasteiger partial charge in [0.1, 0.15) is 23.0 Å². The third-order valence-corrected chi connectivity index (χ3v) is 3.12. The van der Waals surface area contributed by atoms with E-state index < -0.39 is 5.97 Å². The zero-order chi connectivity index (χ0) is 16.4. The number of hydrogen-bond donors (Lipinski definition) is 0. The molecule has 0 aromatic carbocycles. The number of aromatic nitrogens is 3. The van der Waals surface area contributed by atoms with E-state index in [-0.39, 0.29) is 29.5 Å². The molecule has 0 spiro atoms. The SMILES string of the molecule is Cc1nnc(COC(=O)c2c(C)oc(-n3cccc3)c2C#N)o1. The number of nitriles is 1. The summed E-state index contributed by atoms with van der Waals surface area (Å²) in [4.78, 5) is 12.3. The minimum Gasteiger partial charge on any atom is -0.452 e. The zero-order valence-electron chi connectivity index (χ0n) is 12.4. The summed E-state index contributed by atoms with van der Waals surface area (Å²) in [6.45, 7) is 3.06. The first kappa shape index (κ1) is 14.6. The van der Waals surface area contributed by atoms with Gasteiger partial charge >= 0.3 is 5.97 Å². The van der Waals surface area contributed by atoms with E-state index in [1.54, 1.807) is 42.9 Å². The number of rotatable bonds is 4. The first-order chi connectivity index (χ1) is 11.1. The van der Waals surface area contributed by atoms with E-state index in [1.807, 2.05) is 6.07 Å². The van der Waals surface area contributed by atoms with Crippen LogP contribution in [0.25, 0.3) is 5.88 Å². The molecule has 0 N–H and O–H groups in total. The molecule has 0 radical (unpaired) electrons. The molecule has 3 rings (SSSR count). The molecule has 8 nitrogen and oxygen atoms in total. The van der Waals surface area contributed by atoms with Crippen LogP contribution in [0.15, 0.2) is 33.4 Å². The molecule has 0 fully saturated rings. The zero-order valence-corrected chi connectivity index (χ0v) is 12.4. The summed E-state index contributed by atoms with van der Waals surface area (Å²) in [5.41, 5.74) is 0.206. The normalized spacial score (nSPS) is 10.5. The highest BCUT2D eigenvalue weighted by molar-refractivity contribution is 5.94. The maximum absolute atomic E-state index is 12.3. The van der Waals surface area contributed by atoms with Crippen LogP contribution in [0.3, 0.4) is 0 Å². The van der Waals surface area contributed by atoms with E-state index in [4.69, 9.17) is 13.6 Å². The second-order valence-corrected chi connectivity index (χ2v) is 4.71. The van der Waals surface area contributed by atoms with Crippen molar-refractivity contribution < 1.29 is 18.4 Å². The molecule has 116 valence electrons. The first-order valence-corrected chi connectivity index (χ1v) is 6.73. The van der Waals surface area contributed by atoms with E-state index in [9.17, 15) is 10.1 Å². The van der Waals surface area contributed by atoms with E-state index in [0.29, 0.717) is 11.7 Å². The number of esters is 1. The highest BCUT2D eigenvalue weighted by Crippen LogP contribution is 2.26. The molecule has 3 aromatic rings. The summed E-state index contributed by atoms with van der Waals surface area (Å²) in [5, 5.41) is 16.8. The van der Waals surface area contributed by atoms with Gasteiger partial charge in [0.05, 0.1) is 0 Å². The molecule has 0 amide bonds. The third-order valence-electron chi connectivity index (χ3n) is 3.12. The fourth-order valence-corrected chi connectivity index (χ4v) is 2.13. The van der Waals surface area contributed by atoms with Gasteiger partial charge in [-0.1, -0.05) is 0 Å². The second kappa shape index (κ2) is 5.81. The Morgan fingerprint density at radius 1 is 1.30 bits per heavy atom. The number of aryl methyl sites for hydroxylation is 2. The van der Waals surface area contributed by atoms with Crippen LogP contribution in [0, 0.1) is 25.2 Å². The number of ether oxygens (including phenoxy) is 1. The number of nitrogens with zero attached hydrogens (tertiary/aromatic N) is 4. The van der Waals surface area contributed by atoms with Gasteiger partial charge < -0.3 is 13.6 Å². The van der Waals surface area contributed by atoms with Gasteiger partial charge in [-0.15, -0.1) is 10.2 Å². The van der Waals surface area contributed by atoms with Crippen LogP contribution in [0.1, 0.15) is 33.5 Å². The van der Waals surface area contributed by atoms with Crippen LogP contribution >= 0.6 is 0 Å². The maximum Gasteiger partial charge on any atom is 0.343 e. The largest absolute Gasteiger partial charge is 0.452 e. The molecule has 3 aromatic heterocycles. The molecule has 0 aliphatic rings. The molecule has 23 heavy (non-hydrogen) atoms. The Hall–Kier alpha value is -3.34. The summed E-state index contributed by atoms with van der Waals surface area (Å²) in [6, 6.07) is 5.56. The fraction of sp³-hybridized carbons (Fsp3) is 0.200. The van der Waals surface area contributed by atoms with E-state index in [2.05, 4.69) is 10.2 Å². The highest BCUT2D eigenvalue weighted by atomic mass is 16.5. The van der Waals surface area contributed by atoms with Crippen LogP contribution in [0.4, 0.5) is 0 Å². The Kier molecular flexibility index (Phi) is 3.68. The number of furan rings is 1. The lowest BCUT2D eigenvalue weighted by Crippen LogP contribution is -2.08.